The summed E-state index contributed by atoms with van der Waals surface area (Å²) in [5.41, 5.74) is 4.97. The molecule has 144 valence electrons. The number of fused-ring (bicyclic) bond motifs is 1. The summed E-state index contributed by atoms with van der Waals surface area (Å²) in [5.74, 6) is -0.856. The van der Waals surface area contributed by atoms with Gasteiger partial charge in [0.15, 0.2) is 5.69 Å². The van der Waals surface area contributed by atoms with Gasteiger partial charge in [-0.1, -0.05) is 30.5 Å². The predicted octanol–water partition coefficient (Wildman–Crippen LogP) is 3.43. The quantitative estimate of drug-likeness (QED) is 0.663. The minimum Gasteiger partial charge on any atom is -0.481 e. The average Bonchev–Trinajstić information content (AvgIpc) is 3.24. The van der Waals surface area contributed by atoms with Crippen molar-refractivity contribution >= 4 is 11.9 Å². The van der Waals surface area contributed by atoms with Gasteiger partial charge in [0.25, 0.3) is 5.91 Å². The van der Waals surface area contributed by atoms with Crippen LogP contribution in [-0.2, 0) is 17.6 Å². The van der Waals surface area contributed by atoms with Crippen LogP contribution in [0.5, 0.6) is 0 Å². The summed E-state index contributed by atoms with van der Waals surface area (Å²) >= 11 is 0. The number of carboxylic acid groups (broad SMARTS) is 1. The smallest absolute Gasteiger partial charge is 0.303 e. The van der Waals surface area contributed by atoms with E-state index in [1.54, 1.807) is 0 Å². The van der Waals surface area contributed by atoms with Gasteiger partial charge in [0.1, 0.15) is 0 Å². The molecule has 2 aromatic rings. The Hall–Kier alpha value is -2.63. The lowest BCUT2D eigenvalue weighted by Gasteiger charge is -2.06. The van der Waals surface area contributed by atoms with Gasteiger partial charge in [-0.15, -0.1) is 0 Å². The van der Waals surface area contributed by atoms with Crippen molar-refractivity contribution < 1.29 is 14.7 Å². The van der Waals surface area contributed by atoms with Crippen LogP contribution < -0.4 is 5.32 Å². The van der Waals surface area contributed by atoms with Crippen LogP contribution in [0.25, 0.3) is 5.69 Å². The summed E-state index contributed by atoms with van der Waals surface area (Å²) < 4.78 is 1.92. The third-order valence-corrected chi connectivity index (χ3v) is 5.03. The number of aryl methyl sites for hydroxylation is 1. The molecule has 3 rings (SSSR count). The number of unbranched alkanes of at least 4 members (excludes halogenated alkanes) is 3. The zero-order valence-electron chi connectivity index (χ0n) is 15.8. The Morgan fingerprint density at radius 1 is 1.11 bits per heavy atom. The molecule has 2 N–H and O–H groups in total. The molecule has 1 heterocycles. The molecule has 1 aliphatic rings. The number of amides is 1. The van der Waals surface area contributed by atoms with E-state index in [-0.39, 0.29) is 12.3 Å². The lowest BCUT2D eigenvalue weighted by molar-refractivity contribution is -0.137. The fourth-order valence-electron chi connectivity index (χ4n) is 3.56. The number of nitrogens with one attached hydrogen (secondary N) is 1. The molecule has 1 aromatic carbocycles. The number of benzene rings is 1. The summed E-state index contributed by atoms with van der Waals surface area (Å²) in [5, 5.41) is 16.2. The highest BCUT2D eigenvalue weighted by atomic mass is 16.4. The molecular formula is C21H27N3O3. The third kappa shape index (κ3) is 4.76. The van der Waals surface area contributed by atoms with Crippen molar-refractivity contribution in [1.82, 2.24) is 15.1 Å². The van der Waals surface area contributed by atoms with Crippen molar-refractivity contribution in [3.05, 3.63) is 46.8 Å². The van der Waals surface area contributed by atoms with Crippen LogP contribution in [0.15, 0.2) is 24.3 Å². The first-order valence-electron chi connectivity index (χ1n) is 9.74. The summed E-state index contributed by atoms with van der Waals surface area (Å²) in [4.78, 5) is 23.1. The van der Waals surface area contributed by atoms with Crippen LogP contribution in [0.4, 0.5) is 0 Å². The third-order valence-electron chi connectivity index (χ3n) is 5.03. The van der Waals surface area contributed by atoms with Crippen molar-refractivity contribution in [3.8, 4) is 5.69 Å². The van der Waals surface area contributed by atoms with Crippen LogP contribution in [0.2, 0.25) is 0 Å². The van der Waals surface area contributed by atoms with Gasteiger partial charge in [0.05, 0.1) is 5.69 Å². The van der Waals surface area contributed by atoms with Crippen LogP contribution in [0.1, 0.15) is 65.8 Å². The molecule has 0 unspecified atom stereocenters. The lowest BCUT2D eigenvalue weighted by Crippen LogP contribution is -2.26. The molecule has 0 saturated carbocycles. The van der Waals surface area contributed by atoms with E-state index in [1.807, 2.05) is 16.8 Å². The van der Waals surface area contributed by atoms with Crippen molar-refractivity contribution in [2.45, 2.75) is 58.3 Å². The van der Waals surface area contributed by atoms with E-state index in [1.165, 1.54) is 5.56 Å². The van der Waals surface area contributed by atoms with E-state index in [4.69, 9.17) is 5.11 Å². The Morgan fingerprint density at radius 2 is 1.85 bits per heavy atom. The van der Waals surface area contributed by atoms with Crippen molar-refractivity contribution in [3.63, 3.8) is 0 Å². The van der Waals surface area contributed by atoms with Crippen molar-refractivity contribution in [1.29, 1.82) is 0 Å². The van der Waals surface area contributed by atoms with Crippen molar-refractivity contribution in [2.24, 2.45) is 0 Å². The van der Waals surface area contributed by atoms with E-state index in [0.717, 1.165) is 55.5 Å². The Morgan fingerprint density at radius 3 is 2.59 bits per heavy atom. The van der Waals surface area contributed by atoms with E-state index < -0.39 is 5.97 Å². The van der Waals surface area contributed by atoms with Gasteiger partial charge in [-0.3, -0.25) is 9.59 Å². The highest BCUT2D eigenvalue weighted by Gasteiger charge is 2.26. The number of carbonyl (C=O) groups is 2. The van der Waals surface area contributed by atoms with Crippen molar-refractivity contribution in [2.75, 3.05) is 6.54 Å². The number of hydrogen-bond acceptors (Lipinski definition) is 3. The molecule has 0 saturated heterocycles. The van der Waals surface area contributed by atoms with Gasteiger partial charge in [0.2, 0.25) is 0 Å². The summed E-state index contributed by atoms with van der Waals surface area (Å²) in [6.07, 6.45) is 6.47. The SMILES string of the molecule is Cc1ccc(-n2nc(C(=O)NCCCCCCC(=O)O)c3c2CCC3)cc1. The van der Waals surface area contributed by atoms with Gasteiger partial charge in [-0.25, -0.2) is 4.68 Å². The molecule has 0 aliphatic heterocycles. The Labute approximate surface area is 159 Å². The Kier molecular flexibility index (Phi) is 6.27. The van der Waals surface area contributed by atoms with Gasteiger partial charge >= 0.3 is 5.97 Å². The van der Waals surface area contributed by atoms with Gasteiger partial charge < -0.3 is 10.4 Å². The number of carboxylic acids is 1. The highest BCUT2D eigenvalue weighted by molar-refractivity contribution is 5.94. The first-order valence-corrected chi connectivity index (χ1v) is 9.74. The first-order chi connectivity index (χ1) is 13.1. The summed E-state index contributed by atoms with van der Waals surface area (Å²) in [6.45, 7) is 2.65. The van der Waals surface area contributed by atoms with Crippen LogP contribution >= 0.6 is 0 Å². The van der Waals surface area contributed by atoms with E-state index in [0.29, 0.717) is 18.7 Å². The molecule has 6 nitrogen and oxygen atoms in total. The molecule has 0 radical (unpaired) electrons. The molecule has 1 aliphatic carbocycles. The first kappa shape index (κ1) is 19.1. The second-order valence-corrected chi connectivity index (χ2v) is 7.19. The topological polar surface area (TPSA) is 84.2 Å². The number of aromatic nitrogens is 2. The fourth-order valence-corrected chi connectivity index (χ4v) is 3.56. The van der Waals surface area contributed by atoms with Crippen LogP contribution in [-0.4, -0.2) is 33.3 Å². The standard InChI is InChI=1S/C21H27N3O3/c1-15-10-12-16(13-11-15)24-18-8-6-7-17(18)20(23-24)21(27)22-14-5-3-2-4-9-19(25)26/h10-13H,2-9,14H2,1H3,(H,22,27)(H,25,26). The highest BCUT2D eigenvalue weighted by Crippen LogP contribution is 2.27. The maximum absolute atomic E-state index is 12.6. The monoisotopic (exact) mass is 369 g/mol. The Bertz CT molecular complexity index is 809. The summed E-state index contributed by atoms with van der Waals surface area (Å²) in [7, 11) is 0. The van der Waals surface area contributed by atoms with Gasteiger partial charge in [-0.2, -0.15) is 5.10 Å². The van der Waals surface area contributed by atoms with Gasteiger partial charge in [0, 0.05) is 24.2 Å². The lowest BCUT2D eigenvalue weighted by atomic mass is 10.1. The molecule has 1 aromatic heterocycles. The van der Waals surface area contributed by atoms with E-state index in [9.17, 15) is 9.59 Å². The fraction of sp³-hybridized carbons (Fsp3) is 0.476. The van der Waals surface area contributed by atoms with Gasteiger partial charge in [-0.05, 0) is 51.2 Å². The maximum atomic E-state index is 12.6. The molecule has 0 spiro atoms. The molecule has 0 fully saturated rings. The minimum atomic E-state index is -0.749. The zero-order chi connectivity index (χ0) is 19.2. The molecule has 27 heavy (non-hydrogen) atoms. The minimum absolute atomic E-state index is 0.107. The molecule has 0 atom stereocenters. The number of carbonyl (C=O) groups excluding carboxylic acids is 1. The number of aliphatic carboxylic acids is 1. The number of rotatable bonds is 9. The second kappa shape index (κ2) is 8.84. The molecule has 1 amide bonds. The maximum Gasteiger partial charge on any atom is 0.303 e. The zero-order valence-corrected chi connectivity index (χ0v) is 15.8. The van der Waals surface area contributed by atoms with Crippen LogP contribution in [0, 0.1) is 6.92 Å². The van der Waals surface area contributed by atoms with Crippen LogP contribution in [0.3, 0.4) is 0 Å². The van der Waals surface area contributed by atoms with E-state index >= 15 is 0 Å². The normalized spacial score (nSPS) is 12.8. The average molecular weight is 369 g/mol. The van der Waals surface area contributed by atoms with E-state index in [2.05, 4.69) is 29.5 Å². The molecule has 6 heteroatoms. The largest absolute Gasteiger partial charge is 0.481 e. The predicted molar refractivity (Wildman–Crippen MR) is 103 cm³/mol. The number of hydrogen-bond donors (Lipinski definition) is 2. The molecular weight excluding hydrogens is 342 g/mol. The summed E-state index contributed by atoms with van der Waals surface area (Å²) in [6, 6.07) is 8.20. The second-order valence-electron chi connectivity index (χ2n) is 7.19. The Balaban J connectivity index is 1.58. The number of nitrogens with zero attached hydrogens (tertiary/aromatic N) is 2. The molecule has 0 bridgehead atoms.